The van der Waals surface area contributed by atoms with Gasteiger partial charge in [-0.1, -0.05) is 0 Å². The zero-order valence-electron chi connectivity index (χ0n) is 5.18. The van der Waals surface area contributed by atoms with Gasteiger partial charge in [0.25, 0.3) is 0 Å². The molecular weight excluding hydrogens is 199 g/mol. The Morgan fingerprint density at radius 1 is 1.30 bits per heavy atom. The maximum Gasteiger partial charge on any atom is 0.143 e. The summed E-state index contributed by atoms with van der Waals surface area (Å²) in [5.74, 6) is 0.417. The van der Waals surface area contributed by atoms with Gasteiger partial charge in [0, 0.05) is 0 Å². The maximum absolute atomic E-state index is 12.3. The quantitative estimate of drug-likeness (QED) is 0.674. The van der Waals surface area contributed by atoms with Crippen molar-refractivity contribution in [2.75, 3.05) is 5.52 Å². The van der Waals surface area contributed by atoms with Gasteiger partial charge in [-0.3, -0.25) is 0 Å². The van der Waals surface area contributed by atoms with Crippen molar-refractivity contribution in [3.05, 3.63) is 30.1 Å². The smallest absolute Gasteiger partial charge is 0.143 e. The Kier molecular flexibility index (Phi) is 2.68. The Labute approximate surface area is 66.9 Å². The largest absolute Gasteiger partial charge is 0.482 e. The van der Waals surface area contributed by atoms with Crippen molar-refractivity contribution in [1.82, 2.24) is 0 Å². The van der Waals surface area contributed by atoms with Gasteiger partial charge in [0.15, 0.2) is 0 Å². The van der Waals surface area contributed by atoms with Crippen LogP contribution in [0.5, 0.6) is 5.75 Å². The second-order valence-corrected chi connectivity index (χ2v) is 2.17. The molecule has 0 saturated carbocycles. The van der Waals surface area contributed by atoms with Crippen LogP contribution in [0.3, 0.4) is 0 Å². The van der Waals surface area contributed by atoms with Crippen LogP contribution in [0.25, 0.3) is 0 Å². The third kappa shape index (κ3) is 1.99. The summed E-state index contributed by atoms with van der Waals surface area (Å²) in [6.45, 7) is 0. The molecule has 0 aliphatic carbocycles. The van der Waals surface area contributed by atoms with Crippen molar-refractivity contribution in [2.24, 2.45) is 0 Å². The van der Waals surface area contributed by atoms with Crippen LogP contribution in [0.15, 0.2) is 24.3 Å². The minimum absolute atomic E-state index is 0.248. The van der Waals surface area contributed by atoms with Crippen molar-refractivity contribution in [3.8, 4) is 5.75 Å². The summed E-state index contributed by atoms with van der Waals surface area (Å²) in [6.07, 6.45) is 0. The molecule has 54 valence electrons. The molecule has 10 heavy (non-hydrogen) atoms. The lowest BCUT2D eigenvalue weighted by Crippen LogP contribution is -1.87. The van der Waals surface area contributed by atoms with Crippen LogP contribution in [-0.4, -0.2) is 5.52 Å². The number of hydrogen-bond acceptors (Lipinski definition) is 1. The molecule has 1 aromatic carbocycles. The van der Waals surface area contributed by atoms with Gasteiger partial charge < -0.3 is 4.74 Å². The molecule has 0 bridgehead atoms. The van der Waals surface area contributed by atoms with E-state index in [4.69, 9.17) is 4.74 Å². The normalized spacial score (nSPS) is 9.40. The maximum atomic E-state index is 12.3. The summed E-state index contributed by atoms with van der Waals surface area (Å²) in [4.78, 5) is 0. The molecule has 3 heteroatoms. The van der Waals surface area contributed by atoms with Crippen molar-refractivity contribution < 1.29 is 9.13 Å². The molecule has 0 radical (unpaired) electrons. The van der Waals surface area contributed by atoms with Crippen molar-refractivity contribution in [3.63, 3.8) is 0 Å². The minimum atomic E-state index is -0.248. The molecular formula is C7H6BrFO. The van der Waals surface area contributed by atoms with Gasteiger partial charge in [-0.15, -0.1) is 0 Å². The zero-order valence-corrected chi connectivity index (χ0v) is 6.77. The molecule has 0 saturated heterocycles. The molecule has 0 fully saturated rings. The van der Waals surface area contributed by atoms with Gasteiger partial charge in [0.2, 0.25) is 0 Å². The Morgan fingerprint density at radius 2 is 1.90 bits per heavy atom. The average molecular weight is 205 g/mol. The standard InChI is InChI=1S/C7H6BrFO/c8-5-10-7-3-1-6(9)2-4-7/h1-4H,5H2. The third-order valence-corrected chi connectivity index (χ3v) is 1.26. The molecule has 0 spiro atoms. The van der Waals surface area contributed by atoms with Crippen LogP contribution >= 0.6 is 15.9 Å². The summed E-state index contributed by atoms with van der Waals surface area (Å²) < 4.78 is 17.3. The van der Waals surface area contributed by atoms with Gasteiger partial charge in [0.05, 0.1) is 0 Å². The molecule has 1 rings (SSSR count). The SMILES string of the molecule is Fc1ccc(OCBr)cc1. The molecule has 0 aliphatic heterocycles. The van der Waals surface area contributed by atoms with E-state index < -0.39 is 0 Å². The number of rotatable bonds is 2. The Bertz CT molecular complexity index is 197. The molecule has 0 atom stereocenters. The fraction of sp³-hybridized carbons (Fsp3) is 0.143. The van der Waals surface area contributed by atoms with Crippen molar-refractivity contribution in [1.29, 1.82) is 0 Å². The van der Waals surface area contributed by atoms with Gasteiger partial charge in [-0.2, -0.15) is 0 Å². The van der Waals surface area contributed by atoms with Crippen molar-refractivity contribution >= 4 is 15.9 Å². The van der Waals surface area contributed by atoms with E-state index in [0.717, 1.165) is 0 Å². The lowest BCUT2D eigenvalue weighted by Gasteiger charge is -1.99. The van der Waals surface area contributed by atoms with E-state index in [1.165, 1.54) is 12.1 Å². The second-order valence-electron chi connectivity index (χ2n) is 1.71. The van der Waals surface area contributed by atoms with Crippen LogP contribution in [-0.2, 0) is 0 Å². The minimum Gasteiger partial charge on any atom is -0.482 e. The van der Waals surface area contributed by atoms with E-state index in [2.05, 4.69) is 15.9 Å². The Hall–Kier alpha value is -0.570. The number of halogens is 2. The highest BCUT2D eigenvalue weighted by Crippen LogP contribution is 2.11. The summed E-state index contributed by atoms with van der Waals surface area (Å²) in [6, 6.07) is 5.88. The Morgan fingerprint density at radius 3 is 2.40 bits per heavy atom. The number of benzene rings is 1. The predicted molar refractivity (Wildman–Crippen MR) is 40.8 cm³/mol. The highest BCUT2D eigenvalue weighted by Gasteiger charge is 1.90. The van der Waals surface area contributed by atoms with Crippen LogP contribution in [0, 0.1) is 5.82 Å². The lowest BCUT2D eigenvalue weighted by molar-refractivity contribution is 0.397. The van der Waals surface area contributed by atoms with Gasteiger partial charge in [-0.05, 0) is 40.2 Å². The topological polar surface area (TPSA) is 9.23 Å². The van der Waals surface area contributed by atoms with Crippen LogP contribution < -0.4 is 4.74 Å². The van der Waals surface area contributed by atoms with E-state index in [-0.39, 0.29) is 5.82 Å². The van der Waals surface area contributed by atoms with E-state index in [1.807, 2.05) is 0 Å². The molecule has 0 aliphatic rings. The molecule has 0 N–H and O–H groups in total. The van der Waals surface area contributed by atoms with E-state index >= 15 is 0 Å². The Balaban J connectivity index is 2.69. The van der Waals surface area contributed by atoms with Crippen LogP contribution in [0.4, 0.5) is 4.39 Å². The van der Waals surface area contributed by atoms with Gasteiger partial charge >= 0.3 is 0 Å². The van der Waals surface area contributed by atoms with E-state index in [9.17, 15) is 4.39 Å². The summed E-state index contributed by atoms with van der Waals surface area (Å²) in [7, 11) is 0. The lowest BCUT2D eigenvalue weighted by atomic mass is 10.3. The molecule has 0 heterocycles. The second kappa shape index (κ2) is 3.56. The van der Waals surface area contributed by atoms with Gasteiger partial charge in [-0.25, -0.2) is 4.39 Å². The van der Waals surface area contributed by atoms with Gasteiger partial charge in [0.1, 0.15) is 17.1 Å². The zero-order chi connectivity index (χ0) is 7.40. The predicted octanol–water partition coefficient (Wildman–Crippen LogP) is 2.56. The van der Waals surface area contributed by atoms with E-state index in [0.29, 0.717) is 11.3 Å². The number of alkyl halides is 1. The highest BCUT2D eigenvalue weighted by atomic mass is 79.9. The highest BCUT2D eigenvalue weighted by molar-refractivity contribution is 9.09. The molecule has 1 nitrogen and oxygen atoms in total. The molecule has 0 aromatic heterocycles. The third-order valence-electron chi connectivity index (χ3n) is 1.03. The molecule has 0 unspecified atom stereocenters. The van der Waals surface area contributed by atoms with Crippen LogP contribution in [0.2, 0.25) is 0 Å². The summed E-state index contributed by atoms with van der Waals surface area (Å²) >= 11 is 3.09. The first-order valence-corrected chi connectivity index (χ1v) is 3.89. The first kappa shape index (κ1) is 7.54. The first-order valence-electron chi connectivity index (χ1n) is 2.77. The van der Waals surface area contributed by atoms with E-state index in [1.54, 1.807) is 12.1 Å². The molecule has 0 amide bonds. The fourth-order valence-corrected chi connectivity index (χ4v) is 0.858. The monoisotopic (exact) mass is 204 g/mol. The number of ether oxygens (including phenoxy) is 1. The average Bonchev–Trinajstić information content (AvgIpc) is 1.95. The fourth-order valence-electron chi connectivity index (χ4n) is 0.594. The molecule has 1 aromatic rings. The summed E-state index contributed by atoms with van der Waals surface area (Å²) in [5, 5.41) is 0. The number of hydrogen-bond donors (Lipinski definition) is 0. The summed E-state index contributed by atoms with van der Waals surface area (Å²) in [5.41, 5.74) is 0.429. The van der Waals surface area contributed by atoms with Crippen molar-refractivity contribution in [2.45, 2.75) is 0 Å². The van der Waals surface area contributed by atoms with Crippen LogP contribution in [0.1, 0.15) is 0 Å². The first-order chi connectivity index (χ1) is 4.83.